The van der Waals surface area contributed by atoms with Crippen LogP contribution in [-0.4, -0.2) is 45.2 Å². The van der Waals surface area contributed by atoms with Gasteiger partial charge in [-0.2, -0.15) is 0 Å². The summed E-state index contributed by atoms with van der Waals surface area (Å²) in [6.07, 6.45) is 0.910. The Hall–Kier alpha value is -1.95. The first-order valence-electron chi connectivity index (χ1n) is 7.18. The molecule has 1 N–H and O–H groups in total. The summed E-state index contributed by atoms with van der Waals surface area (Å²) in [6, 6.07) is 1.65. The van der Waals surface area contributed by atoms with Gasteiger partial charge in [0, 0.05) is 12.2 Å². The molecule has 3 heterocycles. The van der Waals surface area contributed by atoms with Crippen LogP contribution in [-0.2, 0) is 0 Å². The highest BCUT2D eigenvalue weighted by Gasteiger charge is 2.35. The molecule has 0 spiro atoms. The van der Waals surface area contributed by atoms with Crippen LogP contribution in [0.5, 0.6) is 0 Å². The topological polar surface area (TPSA) is 79.5 Å². The van der Waals surface area contributed by atoms with Crippen molar-refractivity contribution in [2.45, 2.75) is 33.2 Å². The molecule has 0 bridgehead atoms. The van der Waals surface area contributed by atoms with Gasteiger partial charge in [-0.1, -0.05) is 12.1 Å². The smallest absolute Gasteiger partial charge is 0.258 e. The normalized spacial score (nSPS) is 22.2. The van der Waals surface area contributed by atoms with Crippen molar-refractivity contribution in [3.8, 4) is 0 Å². The van der Waals surface area contributed by atoms with E-state index in [4.69, 9.17) is 4.52 Å². The zero-order chi connectivity index (χ0) is 15.1. The Kier molecular flexibility index (Phi) is 3.41. The quantitative estimate of drug-likeness (QED) is 0.910. The van der Waals surface area contributed by atoms with Crippen molar-refractivity contribution in [3.05, 3.63) is 23.0 Å². The number of aliphatic hydroxyl groups is 1. The Bertz CT molecular complexity index is 695. The van der Waals surface area contributed by atoms with E-state index in [1.807, 2.05) is 6.92 Å². The maximum absolute atomic E-state index is 12.9. The van der Waals surface area contributed by atoms with Crippen molar-refractivity contribution in [1.82, 2.24) is 15.0 Å². The summed E-state index contributed by atoms with van der Waals surface area (Å²) in [7, 11) is 0. The standard InChI is InChI=1S/C15H19N3O3/c1-8-4-5-18(12(8)7-19)15(20)11-6-9(2)16-14-13(11)10(3)17-21-14/h6,8,12,19H,4-5,7H2,1-3H3. The molecule has 6 heteroatoms. The van der Waals surface area contributed by atoms with Gasteiger partial charge in [0.2, 0.25) is 0 Å². The average molecular weight is 289 g/mol. The van der Waals surface area contributed by atoms with Gasteiger partial charge >= 0.3 is 0 Å². The number of amides is 1. The lowest BCUT2D eigenvalue weighted by molar-refractivity contribution is 0.0650. The number of nitrogens with zero attached hydrogens (tertiary/aromatic N) is 3. The fourth-order valence-electron chi connectivity index (χ4n) is 3.08. The lowest BCUT2D eigenvalue weighted by atomic mass is 10.0. The molecule has 0 saturated carbocycles. The number of carbonyl (C=O) groups excluding carboxylic acids is 1. The number of likely N-dealkylation sites (tertiary alicyclic amines) is 1. The molecule has 6 nitrogen and oxygen atoms in total. The maximum Gasteiger partial charge on any atom is 0.258 e. The molecule has 1 aliphatic heterocycles. The third-order valence-corrected chi connectivity index (χ3v) is 4.31. The summed E-state index contributed by atoms with van der Waals surface area (Å²) in [6.45, 7) is 6.34. The minimum Gasteiger partial charge on any atom is -0.394 e. The van der Waals surface area contributed by atoms with Gasteiger partial charge in [0.1, 0.15) is 0 Å². The molecule has 3 rings (SSSR count). The van der Waals surface area contributed by atoms with E-state index < -0.39 is 0 Å². The van der Waals surface area contributed by atoms with Crippen LogP contribution >= 0.6 is 0 Å². The molecule has 2 aromatic heterocycles. The van der Waals surface area contributed by atoms with Crippen LogP contribution in [0.25, 0.3) is 11.1 Å². The van der Waals surface area contributed by atoms with Crippen LogP contribution in [0.4, 0.5) is 0 Å². The van der Waals surface area contributed by atoms with Gasteiger partial charge in [-0.15, -0.1) is 0 Å². The van der Waals surface area contributed by atoms with E-state index in [1.165, 1.54) is 0 Å². The maximum atomic E-state index is 12.9. The molecule has 2 atom stereocenters. The van der Waals surface area contributed by atoms with Crippen LogP contribution < -0.4 is 0 Å². The third kappa shape index (κ3) is 2.19. The van der Waals surface area contributed by atoms with Crippen molar-refractivity contribution in [3.63, 3.8) is 0 Å². The fourth-order valence-corrected chi connectivity index (χ4v) is 3.08. The number of pyridine rings is 1. The SMILES string of the molecule is Cc1cc(C(=O)N2CCC(C)C2CO)c2c(C)noc2n1. The molecule has 1 amide bonds. The largest absolute Gasteiger partial charge is 0.394 e. The Morgan fingerprint density at radius 3 is 3.00 bits per heavy atom. The molecule has 1 aliphatic rings. The molecule has 1 saturated heterocycles. The second-order valence-corrected chi connectivity index (χ2v) is 5.77. The first kappa shape index (κ1) is 14.0. The minimum absolute atomic E-state index is 0.0112. The van der Waals surface area contributed by atoms with Gasteiger partial charge in [-0.25, -0.2) is 4.98 Å². The van der Waals surface area contributed by atoms with Crippen LogP contribution in [0.1, 0.15) is 35.1 Å². The first-order valence-corrected chi connectivity index (χ1v) is 7.18. The molecule has 2 aromatic rings. The Morgan fingerprint density at radius 2 is 2.29 bits per heavy atom. The Morgan fingerprint density at radius 1 is 1.52 bits per heavy atom. The Labute approximate surface area is 122 Å². The lowest BCUT2D eigenvalue weighted by Gasteiger charge is -2.25. The summed E-state index contributed by atoms with van der Waals surface area (Å²) < 4.78 is 5.18. The molecule has 0 aliphatic carbocycles. The number of aryl methyl sites for hydroxylation is 2. The molecular formula is C15H19N3O3. The fraction of sp³-hybridized carbons (Fsp3) is 0.533. The summed E-state index contributed by atoms with van der Waals surface area (Å²) in [5.41, 5.74) is 2.33. The summed E-state index contributed by atoms with van der Waals surface area (Å²) >= 11 is 0. The second kappa shape index (κ2) is 5.11. The lowest BCUT2D eigenvalue weighted by Crippen LogP contribution is -2.40. The monoisotopic (exact) mass is 289 g/mol. The zero-order valence-electron chi connectivity index (χ0n) is 12.5. The van der Waals surface area contributed by atoms with Gasteiger partial charge in [0.05, 0.1) is 29.3 Å². The molecule has 0 radical (unpaired) electrons. The Balaban J connectivity index is 2.07. The molecule has 112 valence electrons. The number of hydrogen-bond acceptors (Lipinski definition) is 5. The van der Waals surface area contributed by atoms with E-state index in [2.05, 4.69) is 17.1 Å². The predicted octanol–water partition coefficient (Wildman–Crippen LogP) is 1.68. The highest BCUT2D eigenvalue weighted by atomic mass is 16.5. The van der Waals surface area contributed by atoms with E-state index in [1.54, 1.807) is 17.9 Å². The van der Waals surface area contributed by atoms with Gasteiger partial charge in [-0.3, -0.25) is 4.79 Å². The van der Waals surface area contributed by atoms with Crippen LogP contribution in [0.15, 0.2) is 10.6 Å². The van der Waals surface area contributed by atoms with Crippen LogP contribution in [0, 0.1) is 19.8 Å². The van der Waals surface area contributed by atoms with Crippen molar-refractivity contribution in [1.29, 1.82) is 0 Å². The summed E-state index contributed by atoms with van der Waals surface area (Å²) in [5, 5.41) is 14.1. The highest BCUT2D eigenvalue weighted by molar-refractivity contribution is 6.06. The second-order valence-electron chi connectivity index (χ2n) is 5.77. The summed E-state index contributed by atoms with van der Waals surface area (Å²) in [5.74, 6) is 0.223. The molecular weight excluding hydrogens is 270 g/mol. The van der Waals surface area contributed by atoms with Gasteiger partial charge in [-0.05, 0) is 32.3 Å². The van der Waals surface area contributed by atoms with Crippen molar-refractivity contribution < 1.29 is 14.4 Å². The number of aliphatic hydroxyl groups excluding tert-OH is 1. The first-order chi connectivity index (χ1) is 10.0. The molecule has 1 fully saturated rings. The van der Waals surface area contributed by atoms with Gasteiger partial charge in [0.15, 0.2) is 0 Å². The molecule has 21 heavy (non-hydrogen) atoms. The van der Waals surface area contributed by atoms with E-state index in [9.17, 15) is 9.90 Å². The molecule has 0 aromatic carbocycles. The van der Waals surface area contributed by atoms with Crippen molar-refractivity contribution in [2.24, 2.45) is 5.92 Å². The predicted molar refractivity (Wildman–Crippen MR) is 77.0 cm³/mol. The minimum atomic E-state index is -0.124. The summed E-state index contributed by atoms with van der Waals surface area (Å²) in [4.78, 5) is 18.9. The van der Waals surface area contributed by atoms with Crippen LogP contribution in [0.2, 0.25) is 0 Å². The third-order valence-electron chi connectivity index (χ3n) is 4.31. The number of hydrogen-bond donors (Lipinski definition) is 1. The van der Waals surface area contributed by atoms with Gasteiger partial charge in [0.25, 0.3) is 11.6 Å². The molecule has 2 unspecified atom stereocenters. The average Bonchev–Trinajstić information content (AvgIpc) is 3.00. The van der Waals surface area contributed by atoms with Crippen molar-refractivity contribution in [2.75, 3.05) is 13.2 Å². The van der Waals surface area contributed by atoms with Crippen molar-refractivity contribution >= 4 is 17.0 Å². The number of carbonyl (C=O) groups is 1. The number of fused-ring (bicyclic) bond motifs is 1. The van der Waals surface area contributed by atoms with E-state index in [0.717, 1.165) is 12.1 Å². The van der Waals surface area contributed by atoms with Gasteiger partial charge < -0.3 is 14.5 Å². The number of rotatable bonds is 2. The van der Waals surface area contributed by atoms with E-state index in [-0.39, 0.29) is 18.6 Å². The van der Waals surface area contributed by atoms with E-state index in [0.29, 0.717) is 34.8 Å². The number of aromatic nitrogens is 2. The zero-order valence-corrected chi connectivity index (χ0v) is 12.5. The highest BCUT2D eigenvalue weighted by Crippen LogP contribution is 2.29. The van der Waals surface area contributed by atoms with Crippen LogP contribution in [0.3, 0.4) is 0 Å². The van der Waals surface area contributed by atoms with E-state index >= 15 is 0 Å².